The minimum absolute atomic E-state index is 0.000965. The van der Waals surface area contributed by atoms with E-state index >= 15 is 0 Å². The molecule has 6 nitrogen and oxygen atoms in total. The predicted octanol–water partition coefficient (Wildman–Crippen LogP) is 3.13. The molecule has 0 atom stereocenters. The number of nitrogens with zero attached hydrogens (tertiary/aromatic N) is 4. The van der Waals surface area contributed by atoms with Crippen LogP contribution in [0.2, 0.25) is 0 Å². The van der Waals surface area contributed by atoms with Gasteiger partial charge in [0.1, 0.15) is 11.6 Å². The van der Waals surface area contributed by atoms with E-state index in [2.05, 4.69) is 28.7 Å². The third-order valence-corrected chi connectivity index (χ3v) is 5.49. The lowest BCUT2D eigenvalue weighted by Crippen LogP contribution is -2.49. The maximum atomic E-state index is 12.7. The van der Waals surface area contributed by atoms with Gasteiger partial charge in [0.05, 0.1) is 10.4 Å². The molecule has 2 aromatic rings. The first-order valence-corrected chi connectivity index (χ1v) is 9.72. The Labute approximate surface area is 157 Å². The number of ketones is 1. The number of aromatic nitrogens is 2. The fourth-order valence-corrected chi connectivity index (χ4v) is 3.73. The number of rotatable bonds is 4. The van der Waals surface area contributed by atoms with Gasteiger partial charge in [-0.2, -0.15) is 0 Å². The van der Waals surface area contributed by atoms with Crippen molar-refractivity contribution in [2.24, 2.45) is 0 Å². The topological polar surface area (TPSA) is 66.4 Å². The number of thiophene rings is 1. The highest BCUT2D eigenvalue weighted by atomic mass is 32.1. The number of Topliss-reactive ketones (excluding diaryl/α,β-unsaturated/α-hetero) is 1. The summed E-state index contributed by atoms with van der Waals surface area (Å²) < 4.78 is 0. The first-order valence-electron chi connectivity index (χ1n) is 8.84. The Morgan fingerprint density at radius 1 is 1.12 bits per heavy atom. The molecule has 0 aromatic carbocycles. The molecule has 1 fully saturated rings. The molecule has 1 saturated heterocycles. The molecule has 0 radical (unpaired) electrons. The van der Waals surface area contributed by atoms with Crippen LogP contribution in [0, 0.1) is 6.92 Å². The zero-order valence-electron chi connectivity index (χ0n) is 15.7. The molecule has 0 aliphatic carbocycles. The second kappa shape index (κ2) is 7.53. The summed E-state index contributed by atoms with van der Waals surface area (Å²) in [5.41, 5.74) is 1.57. The van der Waals surface area contributed by atoms with Crippen molar-refractivity contribution in [1.29, 1.82) is 0 Å². The zero-order chi connectivity index (χ0) is 18.8. The SMILES string of the molecule is CC(=O)c1cc(C(=O)N2CCN(c3cc(C)nc(C(C)C)n3)CC2)cs1. The van der Waals surface area contributed by atoms with Crippen LogP contribution < -0.4 is 4.90 Å². The summed E-state index contributed by atoms with van der Waals surface area (Å²) in [5, 5.41) is 1.77. The number of carbonyl (C=O) groups is 2. The van der Waals surface area contributed by atoms with Gasteiger partial charge < -0.3 is 9.80 Å². The Morgan fingerprint density at radius 3 is 2.38 bits per heavy atom. The largest absolute Gasteiger partial charge is 0.353 e. The van der Waals surface area contributed by atoms with Gasteiger partial charge in [0, 0.05) is 49.2 Å². The van der Waals surface area contributed by atoms with E-state index in [9.17, 15) is 9.59 Å². The van der Waals surface area contributed by atoms with Crippen LogP contribution in [-0.4, -0.2) is 52.7 Å². The van der Waals surface area contributed by atoms with Crippen molar-refractivity contribution in [3.8, 4) is 0 Å². The first kappa shape index (κ1) is 18.5. The van der Waals surface area contributed by atoms with Crippen LogP contribution >= 0.6 is 11.3 Å². The van der Waals surface area contributed by atoms with E-state index in [1.807, 2.05) is 17.9 Å². The lowest BCUT2D eigenvalue weighted by Gasteiger charge is -2.35. The van der Waals surface area contributed by atoms with Crippen LogP contribution in [0.5, 0.6) is 0 Å². The molecule has 138 valence electrons. The maximum absolute atomic E-state index is 12.7. The molecule has 0 bridgehead atoms. The number of hydrogen-bond acceptors (Lipinski definition) is 6. The Morgan fingerprint density at radius 2 is 1.81 bits per heavy atom. The Hall–Kier alpha value is -2.28. The average molecular weight is 372 g/mol. The van der Waals surface area contributed by atoms with E-state index < -0.39 is 0 Å². The molecule has 0 unspecified atom stereocenters. The Kier molecular flexibility index (Phi) is 5.36. The molecule has 26 heavy (non-hydrogen) atoms. The van der Waals surface area contributed by atoms with Gasteiger partial charge in [-0.05, 0) is 19.9 Å². The Balaban J connectivity index is 1.67. The molecule has 0 N–H and O–H groups in total. The van der Waals surface area contributed by atoms with Gasteiger partial charge in [-0.1, -0.05) is 13.8 Å². The van der Waals surface area contributed by atoms with Crippen molar-refractivity contribution in [3.05, 3.63) is 39.5 Å². The number of amides is 1. The average Bonchev–Trinajstić information content (AvgIpc) is 3.11. The van der Waals surface area contributed by atoms with Crippen LogP contribution in [0.3, 0.4) is 0 Å². The third-order valence-electron chi connectivity index (χ3n) is 4.46. The van der Waals surface area contributed by atoms with Crippen molar-refractivity contribution in [2.75, 3.05) is 31.1 Å². The van der Waals surface area contributed by atoms with Crippen molar-refractivity contribution < 1.29 is 9.59 Å². The van der Waals surface area contributed by atoms with Crippen molar-refractivity contribution in [2.45, 2.75) is 33.6 Å². The molecule has 1 aliphatic rings. The second-order valence-corrected chi connectivity index (χ2v) is 7.83. The van der Waals surface area contributed by atoms with E-state index in [-0.39, 0.29) is 17.6 Å². The van der Waals surface area contributed by atoms with Crippen molar-refractivity contribution in [1.82, 2.24) is 14.9 Å². The van der Waals surface area contributed by atoms with E-state index in [0.717, 1.165) is 30.4 Å². The van der Waals surface area contributed by atoms with Gasteiger partial charge in [-0.25, -0.2) is 9.97 Å². The molecule has 1 aliphatic heterocycles. The highest BCUT2D eigenvalue weighted by Crippen LogP contribution is 2.21. The third kappa shape index (κ3) is 3.93. The van der Waals surface area contributed by atoms with Crippen LogP contribution in [0.4, 0.5) is 5.82 Å². The molecule has 2 aromatic heterocycles. The summed E-state index contributed by atoms with van der Waals surface area (Å²) in [5.74, 6) is 2.07. The van der Waals surface area contributed by atoms with Crippen LogP contribution in [-0.2, 0) is 0 Å². The van der Waals surface area contributed by atoms with E-state index in [4.69, 9.17) is 0 Å². The number of carbonyl (C=O) groups excluding carboxylic acids is 2. The molecule has 0 saturated carbocycles. The highest BCUT2D eigenvalue weighted by Gasteiger charge is 2.24. The number of piperazine rings is 1. The highest BCUT2D eigenvalue weighted by molar-refractivity contribution is 7.12. The predicted molar refractivity (Wildman–Crippen MR) is 103 cm³/mol. The van der Waals surface area contributed by atoms with Gasteiger partial charge in [0.2, 0.25) is 0 Å². The van der Waals surface area contributed by atoms with E-state index in [0.29, 0.717) is 23.5 Å². The maximum Gasteiger partial charge on any atom is 0.254 e. The minimum atomic E-state index is -0.00450. The number of anilines is 1. The molecular formula is C19H24N4O2S. The lowest BCUT2D eigenvalue weighted by molar-refractivity contribution is 0.0747. The summed E-state index contributed by atoms with van der Waals surface area (Å²) >= 11 is 1.33. The molecule has 3 rings (SSSR count). The fraction of sp³-hybridized carbons (Fsp3) is 0.474. The Bertz CT molecular complexity index is 823. The minimum Gasteiger partial charge on any atom is -0.353 e. The van der Waals surface area contributed by atoms with Gasteiger partial charge in [0.15, 0.2) is 5.78 Å². The van der Waals surface area contributed by atoms with E-state index in [1.54, 1.807) is 11.4 Å². The molecule has 7 heteroatoms. The van der Waals surface area contributed by atoms with E-state index in [1.165, 1.54) is 18.3 Å². The van der Waals surface area contributed by atoms with Crippen LogP contribution in [0.25, 0.3) is 0 Å². The van der Waals surface area contributed by atoms with Crippen LogP contribution in [0.15, 0.2) is 17.5 Å². The lowest BCUT2D eigenvalue weighted by atomic mass is 10.2. The standard InChI is InChI=1S/C19H24N4O2S/c1-12(2)18-20-13(3)9-17(21-18)22-5-7-23(8-6-22)19(25)15-10-16(14(4)24)26-11-15/h9-12H,5-8H2,1-4H3. The van der Waals surface area contributed by atoms with Gasteiger partial charge in [-0.15, -0.1) is 11.3 Å². The fourth-order valence-electron chi connectivity index (χ4n) is 2.95. The number of hydrogen-bond donors (Lipinski definition) is 0. The normalized spacial score (nSPS) is 14.8. The smallest absolute Gasteiger partial charge is 0.254 e. The summed E-state index contributed by atoms with van der Waals surface area (Å²) in [7, 11) is 0. The molecule has 1 amide bonds. The first-order chi connectivity index (χ1) is 12.3. The zero-order valence-corrected chi connectivity index (χ0v) is 16.5. The molecule has 0 spiro atoms. The quantitative estimate of drug-likeness (QED) is 0.772. The van der Waals surface area contributed by atoms with Crippen molar-refractivity contribution in [3.63, 3.8) is 0 Å². The van der Waals surface area contributed by atoms with Gasteiger partial charge >= 0.3 is 0 Å². The van der Waals surface area contributed by atoms with Crippen molar-refractivity contribution >= 4 is 28.8 Å². The van der Waals surface area contributed by atoms with Crippen LogP contribution in [0.1, 0.15) is 58.2 Å². The number of aryl methyl sites for hydroxylation is 1. The monoisotopic (exact) mass is 372 g/mol. The molecular weight excluding hydrogens is 348 g/mol. The summed E-state index contributed by atoms with van der Waals surface area (Å²) in [6.45, 7) is 10.5. The van der Waals surface area contributed by atoms with Gasteiger partial charge in [0.25, 0.3) is 5.91 Å². The summed E-state index contributed by atoms with van der Waals surface area (Å²) in [6, 6.07) is 3.70. The summed E-state index contributed by atoms with van der Waals surface area (Å²) in [4.78, 5) is 37.9. The summed E-state index contributed by atoms with van der Waals surface area (Å²) in [6.07, 6.45) is 0. The second-order valence-electron chi connectivity index (χ2n) is 6.92. The van der Waals surface area contributed by atoms with Gasteiger partial charge in [-0.3, -0.25) is 9.59 Å². The molecule has 3 heterocycles.